The molecule has 1 nitrogen and oxygen atoms in total. The molecule has 0 N–H and O–H groups in total. The molecule has 0 aliphatic rings. The summed E-state index contributed by atoms with van der Waals surface area (Å²) in [6, 6.07) is 91.2. The number of nitrogens with zero attached hydrogens (tertiary/aromatic N) is 1. The first-order valence-electron chi connectivity index (χ1n) is 21.7. The molecule has 0 unspecified atom stereocenters. The Morgan fingerprint density at radius 1 is 0.222 bits per heavy atom. The van der Waals surface area contributed by atoms with Crippen LogP contribution in [0.25, 0.3) is 98.4 Å². The van der Waals surface area contributed by atoms with Gasteiger partial charge in [0.25, 0.3) is 0 Å². The first-order valence-corrected chi connectivity index (χ1v) is 21.7. The Labute approximate surface area is 367 Å². The van der Waals surface area contributed by atoms with Crippen LogP contribution in [0.15, 0.2) is 249 Å². The average molecular weight is 800 g/mol. The molecule has 12 aromatic rings. The number of benzene rings is 12. The van der Waals surface area contributed by atoms with E-state index < -0.39 is 0 Å². The Hall–Kier alpha value is -8.26. The summed E-state index contributed by atoms with van der Waals surface area (Å²) in [7, 11) is 0. The molecule has 12 rings (SSSR count). The molecular weight excluding hydrogens is 759 g/mol. The zero-order valence-corrected chi connectivity index (χ0v) is 34.6. The topological polar surface area (TPSA) is 3.24 Å². The summed E-state index contributed by atoms with van der Waals surface area (Å²) in [6.45, 7) is 0. The number of para-hydroxylation sites is 1. The van der Waals surface area contributed by atoms with Crippen molar-refractivity contribution < 1.29 is 0 Å². The zero-order valence-electron chi connectivity index (χ0n) is 34.6. The van der Waals surface area contributed by atoms with E-state index in [2.05, 4.69) is 254 Å². The van der Waals surface area contributed by atoms with Crippen molar-refractivity contribution in [1.82, 2.24) is 0 Å². The molecule has 0 spiro atoms. The maximum atomic E-state index is 2.45. The van der Waals surface area contributed by atoms with Gasteiger partial charge in [-0.25, -0.2) is 0 Å². The van der Waals surface area contributed by atoms with Crippen molar-refractivity contribution in [3.8, 4) is 44.5 Å². The Balaban J connectivity index is 1.10. The standard InChI is InChI=1S/C62H41N/c1-3-18-44(19-4-1)61-58-28-12-11-27-56(58)57-36-34-50(41-59(57)62(61)45-20-5-2-6-21-45)55-26-13-14-29-60(55)63(52-35-37-54-49(40-52)33-31-43-17-9-10-25-53(43)54)51-24-15-23-47(39-51)48-32-30-42-16-7-8-22-46(42)38-48/h1-41H. The van der Waals surface area contributed by atoms with E-state index in [1.54, 1.807) is 0 Å². The molecule has 63 heavy (non-hydrogen) atoms. The van der Waals surface area contributed by atoms with E-state index in [4.69, 9.17) is 0 Å². The second-order valence-electron chi connectivity index (χ2n) is 16.4. The molecule has 1 heteroatoms. The van der Waals surface area contributed by atoms with Gasteiger partial charge in [0.1, 0.15) is 0 Å². The number of hydrogen-bond acceptors (Lipinski definition) is 1. The van der Waals surface area contributed by atoms with Gasteiger partial charge < -0.3 is 4.90 Å². The summed E-state index contributed by atoms with van der Waals surface area (Å²) in [5.74, 6) is 0. The van der Waals surface area contributed by atoms with Gasteiger partial charge in [-0.15, -0.1) is 0 Å². The first kappa shape index (κ1) is 36.6. The lowest BCUT2D eigenvalue weighted by Gasteiger charge is -2.29. The van der Waals surface area contributed by atoms with Crippen LogP contribution in [0.5, 0.6) is 0 Å². The molecular formula is C62H41N. The third-order valence-electron chi connectivity index (χ3n) is 12.8. The lowest BCUT2D eigenvalue weighted by Crippen LogP contribution is -2.11. The van der Waals surface area contributed by atoms with Crippen LogP contribution in [0, 0.1) is 0 Å². The van der Waals surface area contributed by atoms with Crippen LogP contribution in [0.2, 0.25) is 0 Å². The zero-order chi connectivity index (χ0) is 41.7. The number of rotatable bonds is 7. The van der Waals surface area contributed by atoms with Crippen LogP contribution in [0.3, 0.4) is 0 Å². The highest BCUT2D eigenvalue weighted by Crippen LogP contribution is 2.48. The SMILES string of the molecule is c1ccc(-c2c(-c3ccccc3)c3cc(-c4ccccc4N(c4cccc(-c5ccc6ccccc6c5)c4)c4ccc5c(ccc6ccccc65)c4)ccc3c3ccccc23)cc1. The quantitative estimate of drug-likeness (QED) is 0.145. The van der Waals surface area contributed by atoms with E-state index in [1.807, 2.05) is 0 Å². The molecule has 0 bridgehead atoms. The first-order chi connectivity index (χ1) is 31.2. The summed E-state index contributed by atoms with van der Waals surface area (Å²) in [5.41, 5.74) is 12.9. The average Bonchev–Trinajstić information content (AvgIpc) is 3.36. The van der Waals surface area contributed by atoms with Crippen LogP contribution in [-0.4, -0.2) is 0 Å². The van der Waals surface area contributed by atoms with Gasteiger partial charge >= 0.3 is 0 Å². The van der Waals surface area contributed by atoms with Gasteiger partial charge in [0.15, 0.2) is 0 Å². The van der Waals surface area contributed by atoms with Crippen LogP contribution < -0.4 is 4.90 Å². The van der Waals surface area contributed by atoms with Crippen LogP contribution in [0.1, 0.15) is 0 Å². The normalized spacial score (nSPS) is 11.5. The second kappa shape index (κ2) is 15.3. The van der Waals surface area contributed by atoms with Crippen LogP contribution in [0.4, 0.5) is 17.1 Å². The van der Waals surface area contributed by atoms with Gasteiger partial charge in [-0.05, 0) is 135 Å². The van der Waals surface area contributed by atoms with Crippen molar-refractivity contribution >= 4 is 70.9 Å². The Kier molecular flexibility index (Phi) is 8.90. The molecule has 0 atom stereocenters. The largest absolute Gasteiger partial charge is 0.310 e. The van der Waals surface area contributed by atoms with Gasteiger partial charge in [-0.1, -0.05) is 206 Å². The molecule has 0 aliphatic carbocycles. The van der Waals surface area contributed by atoms with Gasteiger partial charge in [-0.3, -0.25) is 0 Å². The van der Waals surface area contributed by atoms with Crippen molar-refractivity contribution in [3.63, 3.8) is 0 Å². The van der Waals surface area contributed by atoms with Crippen molar-refractivity contribution in [2.75, 3.05) is 4.90 Å². The van der Waals surface area contributed by atoms with Crippen molar-refractivity contribution in [3.05, 3.63) is 249 Å². The lowest BCUT2D eigenvalue weighted by molar-refractivity contribution is 1.29. The van der Waals surface area contributed by atoms with E-state index >= 15 is 0 Å². The molecule has 0 amide bonds. The fourth-order valence-electron chi connectivity index (χ4n) is 9.84. The van der Waals surface area contributed by atoms with E-state index in [0.717, 1.165) is 28.2 Å². The minimum absolute atomic E-state index is 1.09. The fourth-order valence-corrected chi connectivity index (χ4v) is 9.84. The third-order valence-corrected chi connectivity index (χ3v) is 12.8. The summed E-state index contributed by atoms with van der Waals surface area (Å²) in [6.07, 6.45) is 0. The molecule has 0 fully saturated rings. The third kappa shape index (κ3) is 6.42. The second-order valence-corrected chi connectivity index (χ2v) is 16.4. The van der Waals surface area contributed by atoms with Crippen LogP contribution >= 0.6 is 0 Å². The summed E-state index contributed by atoms with van der Waals surface area (Å²) in [4.78, 5) is 2.45. The van der Waals surface area contributed by atoms with E-state index in [0.29, 0.717) is 0 Å². The highest BCUT2D eigenvalue weighted by atomic mass is 15.1. The molecule has 0 heterocycles. The molecule has 0 aromatic heterocycles. The highest BCUT2D eigenvalue weighted by Gasteiger charge is 2.22. The van der Waals surface area contributed by atoms with Gasteiger partial charge in [0, 0.05) is 16.9 Å². The predicted octanol–water partition coefficient (Wildman–Crippen LogP) is 17.6. The van der Waals surface area contributed by atoms with E-state index in [1.165, 1.54) is 87.2 Å². The van der Waals surface area contributed by atoms with Crippen molar-refractivity contribution in [1.29, 1.82) is 0 Å². The maximum absolute atomic E-state index is 2.45. The molecule has 294 valence electrons. The molecule has 0 saturated carbocycles. The van der Waals surface area contributed by atoms with E-state index in [9.17, 15) is 0 Å². The van der Waals surface area contributed by atoms with Gasteiger partial charge in [0.2, 0.25) is 0 Å². The van der Waals surface area contributed by atoms with Gasteiger partial charge in [0.05, 0.1) is 5.69 Å². The predicted molar refractivity (Wildman–Crippen MR) is 270 cm³/mol. The van der Waals surface area contributed by atoms with E-state index in [-0.39, 0.29) is 0 Å². The number of hydrogen-bond donors (Lipinski definition) is 0. The van der Waals surface area contributed by atoms with Crippen molar-refractivity contribution in [2.24, 2.45) is 0 Å². The lowest BCUT2D eigenvalue weighted by atomic mass is 9.84. The summed E-state index contributed by atoms with van der Waals surface area (Å²) < 4.78 is 0. The highest BCUT2D eigenvalue weighted by molar-refractivity contribution is 6.22. The smallest absolute Gasteiger partial charge is 0.0540 e. The molecule has 12 aromatic carbocycles. The Morgan fingerprint density at radius 3 is 1.56 bits per heavy atom. The number of anilines is 3. The maximum Gasteiger partial charge on any atom is 0.0540 e. The minimum atomic E-state index is 1.09. The fraction of sp³-hybridized carbons (Fsp3) is 0. The molecule has 0 radical (unpaired) electrons. The van der Waals surface area contributed by atoms with Crippen molar-refractivity contribution in [2.45, 2.75) is 0 Å². The molecule has 0 aliphatic heterocycles. The molecule has 0 saturated heterocycles. The summed E-state index contributed by atoms with van der Waals surface area (Å²) in [5, 5.41) is 12.4. The summed E-state index contributed by atoms with van der Waals surface area (Å²) >= 11 is 0. The number of fused-ring (bicyclic) bond motifs is 7. The van der Waals surface area contributed by atoms with Crippen LogP contribution in [-0.2, 0) is 0 Å². The monoisotopic (exact) mass is 799 g/mol. The Morgan fingerprint density at radius 2 is 0.746 bits per heavy atom. The Bertz CT molecular complexity index is 3680. The minimum Gasteiger partial charge on any atom is -0.310 e. The van der Waals surface area contributed by atoms with Gasteiger partial charge in [-0.2, -0.15) is 0 Å².